The van der Waals surface area contributed by atoms with Crippen molar-refractivity contribution in [2.75, 3.05) is 26.2 Å². The lowest BCUT2D eigenvalue weighted by Gasteiger charge is -2.31. The topological polar surface area (TPSA) is 24.8 Å². The van der Waals surface area contributed by atoms with E-state index in [0.717, 1.165) is 37.2 Å². The van der Waals surface area contributed by atoms with E-state index in [2.05, 4.69) is 32.8 Å². The molecule has 0 saturated carbocycles. The molecule has 6 heteroatoms. The van der Waals surface area contributed by atoms with Gasteiger partial charge in [0.15, 0.2) is 0 Å². The number of hydrogen-bond acceptors (Lipinski definition) is 2. The Morgan fingerprint density at radius 2 is 2.12 bits per heavy atom. The zero-order valence-electron chi connectivity index (χ0n) is 13.2. The minimum Gasteiger partial charge on any atom is -0.328 e. The van der Waals surface area contributed by atoms with Gasteiger partial charge in [0, 0.05) is 21.7 Å². The summed E-state index contributed by atoms with van der Waals surface area (Å²) in [6.45, 7) is 4.39. The Morgan fingerprint density at radius 3 is 2.83 bits per heavy atom. The molecule has 126 valence electrons. The SMILES string of the molecule is O=C(/C=C/c1cc(Br)ccc1F)N1CC[NH+](Cc2ccsc2)CC1. The summed E-state index contributed by atoms with van der Waals surface area (Å²) < 4.78 is 14.5. The molecule has 1 N–H and O–H groups in total. The summed E-state index contributed by atoms with van der Waals surface area (Å²) in [5.74, 6) is -0.378. The van der Waals surface area contributed by atoms with Crippen LogP contribution in [0, 0.1) is 5.82 Å². The molecule has 1 aromatic carbocycles. The van der Waals surface area contributed by atoms with Crippen molar-refractivity contribution in [1.82, 2.24) is 4.90 Å². The molecule has 2 heterocycles. The molecule has 1 amide bonds. The molecule has 3 nitrogen and oxygen atoms in total. The fraction of sp³-hybridized carbons (Fsp3) is 0.278. The van der Waals surface area contributed by atoms with Gasteiger partial charge >= 0.3 is 0 Å². The van der Waals surface area contributed by atoms with E-state index in [-0.39, 0.29) is 11.7 Å². The molecule has 0 aliphatic carbocycles. The lowest BCUT2D eigenvalue weighted by molar-refractivity contribution is -0.917. The number of amides is 1. The molecule has 24 heavy (non-hydrogen) atoms. The molecule has 1 aromatic heterocycles. The predicted molar refractivity (Wildman–Crippen MR) is 98.4 cm³/mol. The summed E-state index contributed by atoms with van der Waals surface area (Å²) in [4.78, 5) is 15.6. The number of thiophene rings is 1. The first kappa shape index (κ1) is 17.3. The maximum Gasteiger partial charge on any atom is 0.246 e. The summed E-state index contributed by atoms with van der Waals surface area (Å²) in [6, 6.07) is 6.86. The zero-order valence-corrected chi connectivity index (χ0v) is 15.6. The second-order valence-electron chi connectivity index (χ2n) is 5.88. The van der Waals surface area contributed by atoms with Gasteiger partial charge in [0.1, 0.15) is 12.4 Å². The monoisotopic (exact) mass is 409 g/mol. The van der Waals surface area contributed by atoms with E-state index in [4.69, 9.17) is 0 Å². The summed E-state index contributed by atoms with van der Waals surface area (Å²) in [6.07, 6.45) is 3.02. The van der Waals surface area contributed by atoms with E-state index in [1.54, 1.807) is 29.5 Å². The van der Waals surface area contributed by atoms with E-state index in [1.807, 2.05) is 4.90 Å². The molecule has 0 radical (unpaired) electrons. The van der Waals surface area contributed by atoms with Crippen LogP contribution in [0.4, 0.5) is 4.39 Å². The van der Waals surface area contributed by atoms with Gasteiger partial charge in [-0.05, 0) is 41.1 Å². The quantitative estimate of drug-likeness (QED) is 0.771. The summed E-state index contributed by atoms with van der Waals surface area (Å²) in [5, 5.41) is 4.28. The molecule has 1 fully saturated rings. The maximum atomic E-state index is 13.7. The number of hydrogen-bond donors (Lipinski definition) is 1. The zero-order chi connectivity index (χ0) is 16.9. The van der Waals surface area contributed by atoms with Crippen molar-refractivity contribution in [3.05, 3.63) is 62.5 Å². The van der Waals surface area contributed by atoms with Crippen LogP contribution in [-0.4, -0.2) is 37.0 Å². The van der Waals surface area contributed by atoms with Crippen molar-refractivity contribution in [2.45, 2.75) is 6.54 Å². The molecule has 0 spiro atoms. The highest BCUT2D eigenvalue weighted by atomic mass is 79.9. The van der Waals surface area contributed by atoms with Gasteiger partial charge in [0.2, 0.25) is 5.91 Å². The van der Waals surface area contributed by atoms with Gasteiger partial charge in [0.05, 0.1) is 26.2 Å². The largest absolute Gasteiger partial charge is 0.328 e. The van der Waals surface area contributed by atoms with Crippen LogP contribution in [-0.2, 0) is 11.3 Å². The number of piperazine rings is 1. The second-order valence-corrected chi connectivity index (χ2v) is 7.58. The molecular formula is C18H19BrFN2OS+. The second kappa shape index (κ2) is 8.05. The van der Waals surface area contributed by atoms with Gasteiger partial charge < -0.3 is 9.80 Å². The van der Waals surface area contributed by atoms with Crippen LogP contribution in [0.15, 0.2) is 45.6 Å². The maximum absolute atomic E-state index is 13.7. The van der Waals surface area contributed by atoms with Crippen LogP contribution in [0.2, 0.25) is 0 Å². The summed E-state index contributed by atoms with van der Waals surface area (Å²) in [5.41, 5.74) is 1.78. The lowest BCUT2D eigenvalue weighted by atomic mass is 10.2. The van der Waals surface area contributed by atoms with Crippen molar-refractivity contribution in [3.63, 3.8) is 0 Å². The van der Waals surface area contributed by atoms with Gasteiger partial charge in [-0.1, -0.05) is 15.9 Å². The van der Waals surface area contributed by atoms with Crippen molar-refractivity contribution >= 4 is 39.2 Å². The molecule has 1 saturated heterocycles. The number of benzene rings is 1. The first-order chi connectivity index (χ1) is 11.6. The number of rotatable bonds is 4. The molecule has 0 bridgehead atoms. The third kappa shape index (κ3) is 4.53. The van der Waals surface area contributed by atoms with Gasteiger partial charge in [-0.25, -0.2) is 4.39 Å². The summed E-state index contributed by atoms with van der Waals surface area (Å²) >= 11 is 5.03. The Bertz CT molecular complexity index is 725. The Labute approximate surface area is 153 Å². The average Bonchev–Trinajstić information content (AvgIpc) is 3.09. The minimum atomic E-state index is -0.327. The number of carbonyl (C=O) groups excluding carboxylic acids is 1. The molecule has 0 atom stereocenters. The standard InChI is InChI=1S/C18H18BrFN2OS/c19-16-2-3-17(20)15(11-16)1-4-18(23)22-8-6-21(7-9-22)12-14-5-10-24-13-14/h1-5,10-11,13H,6-9,12H2/p+1/b4-1+. The van der Waals surface area contributed by atoms with Gasteiger partial charge in [-0.2, -0.15) is 11.3 Å². The normalized spacial score (nSPS) is 16.0. The number of nitrogens with zero attached hydrogens (tertiary/aromatic N) is 1. The van der Waals surface area contributed by atoms with Gasteiger partial charge in [0.25, 0.3) is 0 Å². The van der Waals surface area contributed by atoms with Crippen molar-refractivity contribution in [1.29, 1.82) is 0 Å². The number of quaternary nitrogens is 1. The van der Waals surface area contributed by atoms with Crippen molar-refractivity contribution < 1.29 is 14.1 Å². The third-order valence-corrected chi connectivity index (χ3v) is 5.41. The highest BCUT2D eigenvalue weighted by Gasteiger charge is 2.22. The van der Waals surface area contributed by atoms with Gasteiger partial charge in [-0.15, -0.1) is 0 Å². The van der Waals surface area contributed by atoms with E-state index < -0.39 is 0 Å². The molecule has 2 aromatic rings. The molecule has 3 rings (SSSR count). The van der Waals surface area contributed by atoms with E-state index in [9.17, 15) is 9.18 Å². The fourth-order valence-corrected chi connectivity index (χ4v) is 3.86. The van der Waals surface area contributed by atoms with E-state index in [0.29, 0.717) is 5.56 Å². The van der Waals surface area contributed by atoms with Crippen LogP contribution in [0.5, 0.6) is 0 Å². The summed E-state index contributed by atoms with van der Waals surface area (Å²) in [7, 11) is 0. The number of carbonyl (C=O) groups is 1. The van der Waals surface area contributed by atoms with E-state index in [1.165, 1.54) is 22.6 Å². The Morgan fingerprint density at radius 1 is 1.33 bits per heavy atom. The lowest BCUT2D eigenvalue weighted by Crippen LogP contribution is -3.13. The fourth-order valence-electron chi connectivity index (χ4n) is 2.81. The molecule has 0 unspecified atom stereocenters. The average molecular weight is 410 g/mol. The van der Waals surface area contributed by atoms with Crippen molar-refractivity contribution in [2.24, 2.45) is 0 Å². The number of halogens is 2. The van der Waals surface area contributed by atoms with Crippen LogP contribution in [0.1, 0.15) is 11.1 Å². The molecular weight excluding hydrogens is 391 g/mol. The first-order valence-electron chi connectivity index (χ1n) is 7.88. The van der Waals surface area contributed by atoms with Gasteiger partial charge in [-0.3, -0.25) is 4.79 Å². The van der Waals surface area contributed by atoms with Crippen LogP contribution < -0.4 is 4.90 Å². The van der Waals surface area contributed by atoms with Crippen LogP contribution >= 0.6 is 27.3 Å². The van der Waals surface area contributed by atoms with Crippen LogP contribution in [0.3, 0.4) is 0 Å². The smallest absolute Gasteiger partial charge is 0.246 e. The first-order valence-corrected chi connectivity index (χ1v) is 9.62. The number of nitrogens with one attached hydrogen (secondary N) is 1. The molecule has 1 aliphatic rings. The highest BCUT2D eigenvalue weighted by Crippen LogP contribution is 2.16. The van der Waals surface area contributed by atoms with Crippen LogP contribution in [0.25, 0.3) is 6.08 Å². The highest BCUT2D eigenvalue weighted by molar-refractivity contribution is 9.10. The molecule has 1 aliphatic heterocycles. The Kier molecular flexibility index (Phi) is 5.81. The van der Waals surface area contributed by atoms with E-state index >= 15 is 0 Å². The Balaban J connectivity index is 1.53. The Hall–Kier alpha value is -1.50. The predicted octanol–water partition coefficient (Wildman–Crippen LogP) is 2.59. The minimum absolute atomic E-state index is 0.0519. The van der Waals surface area contributed by atoms with Crippen molar-refractivity contribution in [3.8, 4) is 0 Å². The third-order valence-electron chi connectivity index (χ3n) is 4.18.